The summed E-state index contributed by atoms with van der Waals surface area (Å²) in [5.41, 5.74) is 1.12. The van der Waals surface area contributed by atoms with Gasteiger partial charge in [-0.15, -0.1) is 0 Å². The van der Waals surface area contributed by atoms with E-state index in [0.717, 1.165) is 6.42 Å². The Morgan fingerprint density at radius 1 is 1.08 bits per heavy atom. The normalized spacial score (nSPS) is 13.0. The lowest BCUT2D eigenvalue weighted by Gasteiger charge is -2.14. The lowest BCUT2D eigenvalue weighted by atomic mass is 10.1. The van der Waals surface area contributed by atoms with Gasteiger partial charge in [-0.2, -0.15) is 0 Å². The molecule has 0 unspecified atom stereocenters. The second-order valence-electron chi connectivity index (χ2n) is 5.48. The summed E-state index contributed by atoms with van der Waals surface area (Å²) >= 11 is 0. The predicted molar refractivity (Wildman–Crippen MR) is 87.1 cm³/mol. The first-order chi connectivity index (χ1) is 12.0. The van der Waals surface area contributed by atoms with Crippen LogP contribution >= 0.6 is 0 Å². The molecule has 2 aromatic rings. The highest BCUT2D eigenvalue weighted by Crippen LogP contribution is 2.25. The number of hydroxylamine groups is 2. The first-order valence-corrected chi connectivity index (χ1v) is 7.83. The first kappa shape index (κ1) is 16.6. The van der Waals surface area contributed by atoms with Crippen LogP contribution in [0.25, 0.3) is 0 Å². The van der Waals surface area contributed by atoms with Crippen molar-refractivity contribution in [2.24, 2.45) is 0 Å². The van der Waals surface area contributed by atoms with Crippen molar-refractivity contribution in [1.29, 1.82) is 0 Å². The topological polar surface area (TPSA) is 85.8 Å². The van der Waals surface area contributed by atoms with Gasteiger partial charge in [-0.3, -0.25) is 9.59 Å². The maximum atomic E-state index is 12.4. The summed E-state index contributed by atoms with van der Waals surface area (Å²) in [5.74, 6) is -2.12. The fourth-order valence-corrected chi connectivity index (χ4v) is 2.38. The van der Waals surface area contributed by atoms with E-state index in [1.807, 2.05) is 6.92 Å². The highest BCUT2D eigenvalue weighted by molar-refractivity contribution is 6.21. The summed E-state index contributed by atoms with van der Waals surface area (Å²) in [4.78, 5) is 46.2. The van der Waals surface area contributed by atoms with Gasteiger partial charge in [-0.1, -0.05) is 24.1 Å². The quantitative estimate of drug-likeness (QED) is 0.778. The number of nitrogens with zero attached hydrogens (tertiary/aromatic N) is 2. The van der Waals surface area contributed by atoms with Crippen molar-refractivity contribution >= 4 is 17.8 Å². The number of carbonyl (C=O) groups excluding carboxylic acids is 3. The van der Waals surface area contributed by atoms with E-state index >= 15 is 0 Å². The summed E-state index contributed by atoms with van der Waals surface area (Å²) < 4.78 is 5.47. The van der Waals surface area contributed by atoms with Crippen LogP contribution in [0.1, 0.15) is 50.1 Å². The number of carbonyl (C=O) groups is 3. The molecular formula is C18H16N2O5. The number of fused-ring (bicyclic) bond motifs is 1. The van der Waals surface area contributed by atoms with Gasteiger partial charge in [0.15, 0.2) is 0 Å². The molecule has 7 heteroatoms. The molecule has 25 heavy (non-hydrogen) atoms. The van der Waals surface area contributed by atoms with Crippen LogP contribution in [-0.4, -0.2) is 34.4 Å². The highest BCUT2D eigenvalue weighted by atomic mass is 16.7. The zero-order valence-corrected chi connectivity index (χ0v) is 13.8. The Bertz CT molecular complexity index is 827. The molecular weight excluding hydrogens is 324 g/mol. The first-order valence-electron chi connectivity index (χ1n) is 7.83. The third-order valence-corrected chi connectivity index (χ3v) is 3.59. The minimum Gasteiger partial charge on any atom is -0.477 e. The molecule has 0 fully saturated rings. The Labute approximate surface area is 144 Å². The van der Waals surface area contributed by atoms with Gasteiger partial charge in [0, 0.05) is 5.69 Å². The fourth-order valence-electron chi connectivity index (χ4n) is 2.38. The largest absolute Gasteiger partial charge is 0.477 e. The second kappa shape index (κ2) is 6.72. The van der Waals surface area contributed by atoms with Gasteiger partial charge in [0.2, 0.25) is 5.88 Å². The average molecular weight is 340 g/mol. The number of pyridine rings is 1. The van der Waals surface area contributed by atoms with Crippen molar-refractivity contribution in [3.05, 3.63) is 58.8 Å². The molecule has 2 amide bonds. The van der Waals surface area contributed by atoms with Gasteiger partial charge < -0.3 is 9.57 Å². The van der Waals surface area contributed by atoms with E-state index in [0.29, 0.717) is 17.4 Å². The van der Waals surface area contributed by atoms with Gasteiger partial charge in [-0.25, -0.2) is 9.78 Å². The second-order valence-corrected chi connectivity index (χ2v) is 5.48. The summed E-state index contributed by atoms with van der Waals surface area (Å²) in [7, 11) is 0. The van der Waals surface area contributed by atoms with Gasteiger partial charge in [0.1, 0.15) is 5.56 Å². The lowest BCUT2D eigenvalue weighted by molar-refractivity contribution is -0.0587. The Morgan fingerprint density at radius 3 is 2.32 bits per heavy atom. The van der Waals surface area contributed by atoms with Crippen LogP contribution in [0.15, 0.2) is 36.4 Å². The highest BCUT2D eigenvalue weighted by Gasteiger charge is 2.39. The zero-order valence-electron chi connectivity index (χ0n) is 13.8. The maximum Gasteiger partial charge on any atom is 0.369 e. The minimum atomic E-state index is -0.881. The number of hydrogen-bond acceptors (Lipinski definition) is 6. The standard InChI is InChI=1S/C18H16N2O5/c1-3-10-24-15-14(9-8-11(2)19-15)18(23)25-20-16(21)12-6-4-5-7-13(12)17(20)22/h4-9H,3,10H2,1-2H3. The molecule has 3 rings (SSSR count). The summed E-state index contributed by atoms with van der Waals surface area (Å²) in [6, 6.07) is 9.40. The van der Waals surface area contributed by atoms with E-state index in [-0.39, 0.29) is 22.6 Å². The van der Waals surface area contributed by atoms with Crippen LogP contribution in [0.3, 0.4) is 0 Å². The Hall–Kier alpha value is -3.22. The van der Waals surface area contributed by atoms with Crippen molar-refractivity contribution in [1.82, 2.24) is 10.0 Å². The van der Waals surface area contributed by atoms with Crippen molar-refractivity contribution in [2.45, 2.75) is 20.3 Å². The molecule has 0 saturated heterocycles. The van der Waals surface area contributed by atoms with Crippen LogP contribution in [0, 0.1) is 6.92 Å². The molecule has 0 bridgehead atoms. The van der Waals surface area contributed by atoms with Crippen LogP contribution < -0.4 is 4.74 Å². The summed E-state index contributed by atoms with van der Waals surface area (Å²) in [5, 5.41) is 0.469. The van der Waals surface area contributed by atoms with Crippen LogP contribution in [-0.2, 0) is 4.84 Å². The number of imide groups is 1. The van der Waals surface area contributed by atoms with Crippen molar-refractivity contribution in [3.8, 4) is 5.88 Å². The number of rotatable bonds is 5. The monoisotopic (exact) mass is 340 g/mol. The molecule has 0 radical (unpaired) electrons. The smallest absolute Gasteiger partial charge is 0.369 e. The molecule has 1 aromatic heterocycles. The fraction of sp³-hybridized carbons (Fsp3) is 0.222. The molecule has 1 aromatic carbocycles. The molecule has 0 aliphatic carbocycles. The maximum absolute atomic E-state index is 12.4. The number of ether oxygens (including phenoxy) is 1. The van der Waals surface area contributed by atoms with Crippen LogP contribution in [0.5, 0.6) is 5.88 Å². The molecule has 0 N–H and O–H groups in total. The predicted octanol–water partition coefficient (Wildman–Crippen LogP) is 2.55. The molecule has 0 atom stereocenters. The van der Waals surface area contributed by atoms with E-state index in [1.165, 1.54) is 18.2 Å². The Kier molecular flexibility index (Phi) is 4.47. The molecule has 2 heterocycles. The van der Waals surface area contributed by atoms with Crippen molar-refractivity contribution in [3.63, 3.8) is 0 Å². The Morgan fingerprint density at radius 2 is 1.72 bits per heavy atom. The van der Waals surface area contributed by atoms with E-state index in [2.05, 4.69) is 4.98 Å². The van der Waals surface area contributed by atoms with Gasteiger partial charge >= 0.3 is 5.97 Å². The third kappa shape index (κ3) is 3.08. The number of aryl methyl sites for hydroxylation is 1. The third-order valence-electron chi connectivity index (χ3n) is 3.59. The van der Waals surface area contributed by atoms with Gasteiger partial charge in [0.25, 0.3) is 11.8 Å². The SMILES string of the molecule is CCCOc1nc(C)ccc1C(=O)ON1C(=O)c2ccccc2C1=O. The lowest BCUT2D eigenvalue weighted by Crippen LogP contribution is -2.32. The van der Waals surface area contributed by atoms with E-state index in [9.17, 15) is 14.4 Å². The van der Waals surface area contributed by atoms with Crippen LogP contribution in [0.4, 0.5) is 0 Å². The summed E-state index contributed by atoms with van der Waals surface area (Å²) in [6.45, 7) is 4.06. The average Bonchev–Trinajstić information content (AvgIpc) is 2.85. The van der Waals surface area contributed by atoms with Gasteiger partial charge in [0.05, 0.1) is 17.7 Å². The van der Waals surface area contributed by atoms with Gasteiger partial charge in [-0.05, 0) is 37.6 Å². The van der Waals surface area contributed by atoms with Crippen molar-refractivity contribution < 1.29 is 24.0 Å². The van der Waals surface area contributed by atoms with E-state index in [1.54, 1.807) is 25.1 Å². The summed E-state index contributed by atoms with van der Waals surface area (Å²) in [6.07, 6.45) is 0.739. The molecule has 0 spiro atoms. The number of hydrogen-bond donors (Lipinski definition) is 0. The minimum absolute atomic E-state index is 0.0515. The number of amides is 2. The van der Waals surface area contributed by atoms with E-state index < -0.39 is 17.8 Å². The van der Waals surface area contributed by atoms with Crippen LogP contribution in [0.2, 0.25) is 0 Å². The molecule has 1 aliphatic rings. The Balaban J connectivity index is 1.84. The molecule has 0 saturated carbocycles. The number of aromatic nitrogens is 1. The molecule has 7 nitrogen and oxygen atoms in total. The molecule has 1 aliphatic heterocycles. The van der Waals surface area contributed by atoms with E-state index in [4.69, 9.17) is 9.57 Å². The zero-order chi connectivity index (χ0) is 18.0. The molecule has 128 valence electrons. The van der Waals surface area contributed by atoms with Crippen molar-refractivity contribution in [2.75, 3.05) is 6.61 Å². The number of benzene rings is 1.